The van der Waals surface area contributed by atoms with Crippen LogP contribution in [-0.2, 0) is 24.0 Å². The molecule has 0 radical (unpaired) electrons. The summed E-state index contributed by atoms with van der Waals surface area (Å²) in [6.45, 7) is 5.93. The molecule has 3 amide bonds. The van der Waals surface area contributed by atoms with Gasteiger partial charge in [-0.15, -0.1) is 0 Å². The zero-order valence-electron chi connectivity index (χ0n) is 32.2. The molecule has 0 aromatic rings. The van der Waals surface area contributed by atoms with Crippen molar-refractivity contribution in [2.75, 3.05) is 7.11 Å². The number of amides is 3. The van der Waals surface area contributed by atoms with Crippen LogP contribution >= 0.6 is 54.0 Å². The lowest BCUT2D eigenvalue weighted by molar-refractivity contribution is -0.165. The summed E-state index contributed by atoms with van der Waals surface area (Å²) in [5, 5.41) is 76.1. The quantitative estimate of drug-likeness (QED) is 0.0742. The number of rotatable bonds is 18. The molecule has 19 nitrogen and oxygen atoms in total. The molecule has 57 heavy (non-hydrogen) atoms. The number of carboxylic acid groups (broad SMARTS) is 2. The second-order valence-electron chi connectivity index (χ2n) is 12.6. The SMILES string of the molecule is C.C.CCC[C@@H](N)[C@@H](O)C(=O)NC1CC1.CCC[C@H](N)[C@H](O)C(=O)NC1CC1.CCC[C@H](N)[C@H](O)C(=O)NC1CC1.CO.O=C(O)[C@H](O)[C@@H](O)C(=O)O.S.S.S.S. The van der Waals surface area contributed by atoms with Gasteiger partial charge in [0.1, 0.15) is 18.3 Å². The van der Waals surface area contributed by atoms with Crippen LogP contribution in [0.15, 0.2) is 0 Å². The van der Waals surface area contributed by atoms with Gasteiger partial charge < -0.3 is 74.0 Å². The smallest absolute Gasteiger partial charge is 0.335 e. The molecule has 0 bridgehead atoms. The van der Waals surface area contributed by atoms with Crippen molar-refractivity contribution in [3.63, 3.8) is 0 Å². The van der Waals surface area contributed by atoms with E-state index in [1.807, 2.05) is 20.8 Å². The molecule has 17 N–H and O–H groups in total. The standard InChI is InChI=1S/3C9H18N2O2.C4H6O6.CH4O.2CH4.4H2S/c3*1-2-3-7(10)8(12)9(13)11-6-4-5-6;5-1(3(7)8)2(6)4(9)10;1-2;;;;;;/h3*6-8,12H,2-5,10H2,1H3,(H,11,13);1-2,5-6H,(H,7,8)(H,9,10);2H,1H3;2*1H4;4*1H2/t3*7-,8-;1-,2-;;;;;;;/m1001......./s1. The van der Waals surface area contributed by atoms with Gasteiger partial charge in [0.05, 0.1) is 0 Å². The number of hydrogen-bond donors (Lipinski definition) is 14. The summed E-state index contributed by atoms with van der Waals surface area (Å²) in [4.78, 5) is 53.3. The number of carbonyl (C=O) groups excluding carboxylic acids is 3. The zero-order valence-corrected chi connectivity index (χ0v) is 36.2. The van der Waals surface area contributed by atoms with Crippen LogP contribution in [0.2, 0.25) is 0 Å². The van der Waals surface area contributed by atoms with Crippen LogP contribution in [-0.4, -0.2) is 144 Å². The average molecular weight is 909 g/mol. The molecule has 3 fully saturated rings. The normalized spacial score (nSPS) is 17.1. The third-order valence-corrected chi connectivity index (χ3v) is 7.46. The Morgan fingerprint density at radius 3 is 0.772 bits per heavy atom. The van der Waals surface area contributed by atoms with E-state index in [9.17, 15) is 39.3 Å². The largest absolute Gasteiger partial charge is 0.479 e. The van der Waals surface area contributed by atoms with E-state index in [0.29, 0.717) is 19.3 Å². The molecule has 3 rings (SSSR count). The van der Waals surface area contributed by atoms with E-state index in [-0.39, 0.29) is 105 Å². The first-order valence-corrected chi connectivity index (χ1v) is 17.4. The first kappa shape index (κ1) is 73.0. The minimum Gasteiger partial charge on any atom is -0.479 e. The van der Waals surface area contributed by atoms with Gasteiger partial charge in [0, 0.05) is 43.4 Å². The maximum absolute atomic E-state index is 11.3. The molecule has 0 unspecified atom stereocenters. The second kappa shape index (κ2) is 41.1. The molecule has 0 aliphatic heterocycles. The molecule has 3 aliphatic rings. The number of hydrogen-bond acceptors (Lipinski definition) is 14. The van der Waals surface area contributed by atoms with Gasteiger partial charge in [-0.2, -0.15) is 54.0 Å². The van der Waals surface area contributed by atoms with E-state index < -0.39 is 60.6 Å². The highest BCUT2D eigenvalue weighted by molar-refractivity contribution is 7.59. The monoisotopic (exact) mass is 908 g/mol. The third kappa shape index (κ3) is 36.0. The number of aliphatic hydroxyl groups is 6. The van der Waals surface area contributed by atoms with Crippen molar-refractivity contribution in [2.45, 2.75) is 179 Å². The summed E-state index contributed by atoms with van der Waals surface area (Å²) in [6.07, 6.45) is 3.21. The van der Waals surface area contributed by atoms with Crippen LogP contribution < -0.4 is 33.2 Å². The number of carbonyl (C=O) groups is 5. The van der Waals surface area contributed by atoms with Crippen LogP contribution in [0.1, 0.15) is 113 Å². The van der Waals surface area contributed by atoms with Crippen molar-refractivity contribution >= 4 is 83.6 Å². The van der Waals surface area contributed by atoms with Gasteiger partial charge in [-0.3, -0.25) is 14.4 Å². The van der Waals surface area contributed by atoms with E-state index in [2.05, 4.69) is 16.0 Å². The summed E-state index contributed by atoms with van der Waals surface area (Å²) in [5.74, 6) is -4.49. The molecule has 0 aromatic carbocycles. The first-order chi connectivity index (χ1) is 23.9. The molecule has 3 aliphatic carbocycles. The van der Waals surface area contributed by atoms with Gasteiger partial charge >= 0.3 is 11.9 Å². The predicted molar refractivity (Wildman–Crippen MR) is 241 cm³/mol. The lowest BCUT2D eigenvalue weighted by Crippen LogP contribution is -2.46. The maximum atomic E-state index is 11.3. The number of aliphatic carboxylic acids is 2. The fraction of sp³-hybridized carbons (Fsp3) is 0.853. The molecular formula is C34H80N6O13S4. The van der Waals surface area contributed by atoms with E-state index in [4.69, 9.17) is 42.7 Å². The van der Waals surface area contributed by atoms with Crippen LogP contribution in [0.4, 0.5) is 0 Å². The molecule has 23 heteroatoms. The van der Waals surface area contributed by atoms with Crippen LogP contribution in [0.5, 0.6) is 0 Å². The molecule has 348 valence electrons. The van der Waals surface area contributed by atoms with Gasteiger partial charge in [-0.25, -0.2) is 9.59 Å². The summed E-state index contributed by atoms with van der Waals surface area (Å²) >= 11 is 0. The highest BCUT2D eigenvalue weighted by atomic mass is 32.1. The maximum Gasteiger partial charge on any atom is 0.335 e. The van der Waals surface area contributed by atoms with Gasteiger partial charge in [0.15, 0.2) is 12.2 Å². The summed E-state index contributed by atoms with van der Waals surface area (Å²) in [6, 6.07) is -0.417. The highest BCUT2D eigenvalue weighted by Gasteiger charge is 2.31. The average Bonchev–Trinajstić information content (AvgIpc) is 3.94. The van der Waals surface area contributed by atoms with Gasteiger partial charge in [-0.1, -0.05) is 54.9 Å². The van der Waals surface area contributed by atoms with Gasteiger partial charge in [-0.05, 0) is 57.8 Å². The fourth-order valence-corrected chi connectivity index (χ4v) is 3.87. The molecule has 8 atom stereocenters. The van der Waals surface area contributed by atoms with Crippen LogP contribution in [0, 0.1) is 0 Å². The molecule has 3 saturated carbocycles. The Bertz CT molecular complexity index is 923. The lowest BCUT2D eigenvalue weighted by atomic mass is 10.1. The van der Waals surface area contributed by atoms with Crippen molar-refractivity contribution in [3.8, 4) is 0 Å². The van der Waals surface area contributed by atoms with Crippen molar-refractivity contribution in [2.24, 2.45) is 17.2 Å². The molecule has 0 heterocycles. The summed E-state index contributed by atoms with van der Waals surface area (Å²) < 4.78 is 0. The Hall–Kier alpha value is -1.61. The van der Waals surface area contributed by atoms with E-state index in [0.717, 1.165) is 64.9 Å². The van der Waals surface area contributed by atoms with Crippen LogP contribution in [0.3, 0.4) is 0 Å². The minimum atomic E-state index is -2.27. The number of aliphatic hydroxyl groups excluding tert-OH is 6. The topological polar surface area (TPSA) is 361 Å². The number of nitrogens with one attached hydrogen (secondary N) is 3. The van der Waals surface area contributed by atoms with E-state index in [1.54, 1.807) is 0 Å². The lowest BCUT2D eigenvalue weighted by Gasteiger charge is -2.17. The Morgan fingerprint density at radius 2 is 0.649 bits per heavy atom. The van der Waals surface area contributed by atoms with Crippen molar-refractivity contribution in [1.82, 2.24) is 16.0 Å². The molecule has 0 saturated heterocycles. The van der Waals surface area contributed by atoms with Crippen molar-refractivity contribution < 1.29 is 64.8 Å². The first-order valence-electron chi connectivity index (χ1n) is 17.4. The molecular weight excluding hydrogens is 829 g/mol. The minimum absolute atomic E-state index is 0. The Balaban J connectivity index is -0.0000000895. The van der Waals surface area contributed by atoms with Gasteiger partial charge in [0.25, 0.3) is 17.7 Å². The van der Waals surface area contributed by atoms with Crippen molar-refractivity contribution in [1.29, 1.82) is 0 Å². The highest BCUT2D eigenvalue weighted by Crippen LogP contribution is 2.20. The van der Waals surface area contributed by atoms with Crippen LogP contribution in [0.25, 0.3) is 0 Å². The number of nitrogens with two attached hydrogens (primary N) is 3. The third-order valence-electron chi connectivity index (χ3n) is 7.46. The van der Waals surface area contributed by atoms with E-state index >= 15 is 0 Å². The Morgan fingerprint density at radius 1 is 0.474 bits per heavy atom. The predicted octanol–water partition coefficient (Wildman–Crippen LogP) is -1.53. The Labute approximate surface area is 366 Å². The molecule has 0 aromatic heterocycles. The Kier molecular flexibility index (Phi) is 52.7. The number of carboxylic acids is 2. The zero-order chi connectivity index (χ0) is 39.8. The summed E-state index contributed by atoms with van der Waals surface area (Å²) in [7, 11) is 1.00. The molecule has 0 spiro atoms. The fourth-order valence-electron chi connectivity index (χ4n) is 3.87. The summed E-state index contributed by atoms with van der Waals surface area (Å²) in [5.41, 5.74) is 16.8. The second-order valence-corrected chi connectivity index (χ2v) is 12.6. The van der Waals surface area contributed by atoms with Gasteiger partial charge in [0.2, 0.25) is 0 Å². The van der Waals surface area contributed by atoms with Crippen molar-refractivity contribution in [3.05, 3.63) is 0 Å². The van der Waals surface area contributed by atoms with E-state index in [1.165, 1.54) is 0 Å².